The average molecular weight is 260 g/mol. The molecule has 1 atom stereocenters. The Kier molecular flexibility index (Phi) is 2.98. The van der Waals surface area contributed by atoms with Gasteiger partial charge in [-0.3, -0.25) is 4.79 Å². The number of anilines is 1. The fourth-order valence-corrected chi connectivity index (χ4v) is 4.27. The molecule has 0 aromatic carbocycles. The Hall–Kier alpha value is -0.950. The fraction of sp³-hybridized carbons (Fsp3) is 0.556. The highest BCUT2D eigenvalue weighted by atomic mass is 32.2. The summed E-state index contributed by atoms with van der Waals surface area (Å²) < 4.78 is 22.7. The predicted molar refractivity (Wildman–Crippen MR) is 63.0 cm³/mol. The minimum atomic E-state index is -2.88. The molecule has 1 fully saturated rings. The van der Waals surface area contributed by atoms with E-state index < -0.39 is 9.84 Å². The van der Waals surface area contributed by atoms with Crippen LogP contribution in [-0.2, 0) is 9.84 Å². The second kappa shape index (κ2) is 4.14. The van der Waals surface area contributed by atoms with Crippen LogP contribution in [0.1, 0.15) is 16.1 Å². The number of thiazole rings is 1. The first-order chi connectivity index (χ1) is 7.52. The van der Waals surface area contributed by atoms with E-state index in [9.17, 15) is 13.2 Å². The van der Waals surface area contributed by atoms with Crippen LogP contribution < -0.4 is 4.90 Å². The number of rotatable bonds is 3. The first-order valence-electron chi connectivity index (χ1n) is 4.86. The molecule has 0 spiro atoms. The van der Waals surface area contributed by atoms with Gasteiger partial charge in [0, 0.05) is 13.1 Å². The van der Waals surface area contributed by atoms with Gasteiger partial charge >= 0.3 is 0 Å². The van der Waals surface area contributed by atoms with Gasteiger partial charge in [-0.1, -0.05) is 11.3 Å². The van der Waals surface area contributed by atoms with Gasteiger partial charge in [-0.25, -0.2) is 13.4 Å². The first kappa shape index (κ1) is 11.5. The van der Waals surface area contributed by atoms with E-state index in [1.807, 2.05) is 11.9 Å². The number of hydrogen-bond acceptors (Lipinski definition) is 6. The standard InChI is InChI=1S/C9H12N2O3S2/c1-11(7-2-3-16(13,14)6-7)9-10-4-8(5-12)15-9/h4-5,7H,2-3,6H2,1H3. The van der Waals surface area contributed by atoms with Crippen LogP contribution in [0.5, 0.6) is 0 Å². The van der Waals surface area contributed by atoms with Gasteiger partial charge in [0.05, 0.1) is 22.6 Å². The van der Waals surface area contributed by atoms with Gasteiger partial charge in [-0.15, -0.1) is 0 Å². The van der Waals surface area contributed by atoms with Crippen molar-refractivity contribution in [1.82, 2.24) is 4.98 Å². The molecule has 0 bridgehead atoms. The number of aromatic nitrogens is 1. The van der Waals surface area contributed by atoms with Crippen molar-refractivity contribution in [3.63, 3.8) is 0 Å². The van der Waals surface area contributed by atoms with Crippen LogP contribution in [0.3, 0.4) is 0 Å². The molecule has 0 N–H and O–H groups in total. The van der Waals surface area contributed by atoms with E-state index in [0.717, 1.165) is 6.29 Å². The lowest BCUT2D eigenvalue weighted by Crippen LogP contribution is -2.32. The topological polar surface area (TPSA) is 67.3 Å². The third-order valence-electron chi connectivity index (χ3n) is 2.69. The zero-order chi connectivity index (χ0) is 11.8. The summed E-state index contributed by atoms with van der Waals surface area (Å²) in [7, 11) is -1.06. The molecule has 1 aliphatic rings. The summed E-state index contributed by atoms with van der Waals surface area (Å²) in [5, 5.41) is 0.698. The Morgan fingerprint density at radius 2 is 2.38 bits per heavy atom. The van der Waals surface area contributed by atoms with E-state index in [1.54, 1.807) is 0 Å². The maximum atomic E-state index is 11.3. The van der Waals surface area contributed by atoms with Crippen molar-refractivity contribution in [3.05, 3.63) is 11.1 Å². The molecule has 0 aliphatic carbocycles. The highest BCUT2D eigenvalue weighted by Crippen LogP contribution is 2.26. The quantitative estimate of drug-likeness (QED) is 0.744. The minimum absolute atomic E-state index is 0.0179. The number of aldehydes is 1. The van der Waals surface area contributed by atoms with Crippen LogP contribution in [0.25, 0.3) is 0 Å². The molecule has 1 aliphatic heterocycles. The summed E-state index contributed by atoms with van der Waals surface area (Å²) >= 11 is 1.28. The lowest BCUT2D eigenvalue weighted by molar-refractivity contribution is 0.112. The monoisotopic (exact) mass is 260 g/mol. The molecule has 1 aromatic heterocycles. The van der Waals surface area contributed by atoms with E-state index in [1.165, 1.54) is 17.5 Å². The Balaban J connectivity index is 2.14. The van der Waals surface area contributed by atoms with Gasteiger partial charge < -0.3 is 4.90 Å². The van der Waals surface area contributed by atoms with Crippen molar-refractivity contribution >= 4 is 32.6 Å². The van der Waals surface area contributed by atoms with Crippen molar-refractivity contribution < 1.29 is 13.2 Å². The Morgan fingerprint density at radius 3 is 2.88 bits per heavy atom. The van der Waals surface area contributed by atoms with E-state index in [-0.39, 0.29) is 17.5 Å². The molecule has 7 heteroatoms. The Bertz CT molecular complexity index is 495. The third-order valence-corrected chi connectivity index (χ3v) is 5.45. The zero-order valence-corrected chi connectivity index (χ0v) is 10.4. The van der Waals surface area contributed by atoms with Crippen molar-refractivity contribution in [2.75, 3.05) is 23.5 Å². The number of hydrogen-bond donors (Lipinski definition) is 0. The molecule has 2 heterocycles. The van der Waals surface area contributed by atoms with Crippen LogP contribution in [0.15, 0.2) is 6.20 Å². The SMILES string of the molecule is CN(c1ncc(C=O)s1)C1CCS(=O)(=O)C1. The van der Waals surface area contributed by atoms with Gasteiger partial charge in [-0.2, -0.15) is 0 Å². The Labute approximate surface area is 98.0 Å². The summed E-state index contributed by atoms with van der Waals surface area (Å²) in [6.07, 6.45) is 2.89. The maximum absolute atomic E-state index is 11.3. The molecular formula is C9H12N2O3S2. The minimum Gasteiger partial charge on any atom is -0.347 e. The molecule has 2 rings (SSSR count). The molecule has 16 heavy (non-hydrogen) atoms. The van der Waals surface area contributed by atoms with Crippen LogP contribution in [0.4, 0.5) is 5.13 Å². The van der Waals surface area contributed by atoms with Crippen LogP contribution in [-0.4, -0.2) is 44.3 Å². The molecule has 1 aromatic rings. The van der Waals surface area contributed by atoms with E-state index in [2.05, 4.69) is 4.98 Å². The van der Waals surface area contributed by atoms with Crippen molar-refractivity contribution in [3.8, 4) is 0 Å². The summed E-state index contributed by atoms with van der Waals surface area (Å²) in [6.45, 7) is 0. The van der Waals surface area contributed by atoms with Crippen molar-refractivity contribution in [1.29, 1.82) is 0 Å². The molecule has 88 valence electrons. The molecule has 5 nitrogen and oxygen atoms in total. The molecular weight excluding hydrogens is 248 g/mol. The summed E-state index contributed by atoms with van der Waals surface area (Å²) in [5.74, 6) is 0.424. The van der Waals surface area contributed by atoms with Crippen LogP contribution in [0.2, 0.25) is 0 Å². The van der Waals surface area contributed by atoms with Crippen molar-refractivity contribution in [2.45, 2.75) is 12.5 Å². The van der Waals surface area contributed by atoms with E-state index in [0.29, 0.717) is 16.4 Å². The number of carbonyl (C=O) groups is 1. The van der Waals surface area contributed by atoms with Gasteiger partial charge in [-0.05, 0) is 6.42 Å². The second-order valence-electron chi connectivity index (χ2n) is 3.83. The highest BCUT2D eigenvalue weighted by molar-refractivity contribution is 7.91. The summed E-state index contributed by atoms with van der Waals surface area (Å²) in [4.78, 5) is 17.0. The summed E-state index contributed by atoms with van der Waals surface area (Å²) in [5.41, 5.74) is 0. The van der Waals surface area contributed by atoms with Crippen molar-refractivity contribution in [2.24, 2.45) is 0 Å². The largest absolute Gasteiger partial charge is 0.347 e. The Morgan fingerprint density at radius 1 is 1.62 bits per heavy atom. The molecule has 1 unspecified atom stereocenters. The lowest BCUT2D eigenvalue weighted by Gasteiger charge is -2.22. The number of carbonyl (C=O) groups excluding carboxylic acids is 1. The fourth-order valence-electron chi connectivity index (χ4n) is 1.73. The normalized spacial score (nSPS) is 23.2. The molecule has 0 saturated carbocycles. The smallest absolute Gasteiger partial charge is 0.185 e. The maximum Gasteiger partial charge on any atom is 0.185 e. The average Bonchev–Trinajstić information content (AvgIpc) is 2.83. The van der Waals surface area contributed by atoms with Gasteiger partial charge in [0.15, 0.2) is 21.3 Å². The second-order valence-corrected chi connectivity index (χ2v) is 7.10. The molecule has 0 amide bonds. The van der Waals surface area contributed by atoms with Gasteiger partial charge in [0.1, 0.15) is 0 Å². The van der Waals surface area contributed by atoms with E-state index in [4.69, 9.17) is 0 Å². The van der Waals surface area contributed by atoms with E-state index >= 15 is 0 Å². The summed E-state index contributed by atoms with van der Waals surface area (Å²) in [6, 6.07) is -0.0179. The number of nitrogens with zero attached hydrogens (tertiary/aromatic N) is 2. The lowest BCUT2D eigenvalue weighted by atomic mass is 10.2. The van der Waals surface area contributed by atoms with Crippen LogP contribution >= 0.6 is 11.3 Å². The van der Waals surface area contributed by atoms with Crippen LogP contribution in [0, 0.1) is 0 Å². The highest BCUT2D eigenvalue weighted by Gasteiger charge is 2.31. The number of sulfone groups is 1. The first-order valence-corrected chi connectivity index (χ1v) is 7.50. The van der Waals surface area contributed by atoms with Gasteiger partial charge in [0.2, 0.25) is 0 Å². The molecule has 1 saturated heterocycles. The molecule has 0 radical (unpaired) electrons. The van der Waals surface area contributed by atoms with Gasteiger partial charge in [0.25, 0.3) is 0 Å². The third kappa shape index (κ3) is 2.25. The predicted octanol–water partition coefficient (Wildman–Crippen LogP) is 0.579. The zero-order valence-electron chi connectivity index (χ0n) is 8.79.